The number of hydrogen-bond acceptors (Lipinski definition) is 2. The summed E-state index contributed by atoms with van der Waals surface area (Å²) < 4.78 is 5.42. The molecule has 0 heterocycles. The fourth-order valence-electron chi connectivity index (χ4n) is 0.847. The summed E-state index contributed by atoms with van der Waals surface area (Å²) in [7, 11) is 0. The first-order chi connectivity index (χ1) is 6.25. The van der Waals surface area contributed by atoms with Crippen molar-refractivity contribution in [1.82, 2.24) is 0 Å². The fourth-order valence-corrected chi connectivity index (χ4v) is 1.60. The second kappa shape index (κ2) is 5.63. The van der Waals surface area contributed by atoms with Crippen LogP contribution in [0.25, 0.3) is 0 Å². The van der Waals surface area contributed by atoms with Gasteiger partial charge in [-0.25, -0.2) is 0 Å². The van der Waals surface area contributed by atoms with Crippen molar-refractivity contribution in [3.63, 3.8) is 0 Å². The van der Waals surface area contributed by atoms with E-state index in [0.29, 0.717) is 22.4 Å². The van der Waals surface area contributed by atoms with Crippen LogP contribution in [-0.4, -0.2) is 18.6 Å². The van der Waals surface area contributed by atoms with E-state index in [1.165, 1.54) is 0 Å². The van der Waals surface area contributed by atoms with Crippen molar-refractivity contribution in [2.45, 2.75) is 0 Å². The molecule has 1 aromatic rings. The minimum atomic E-state index is 0.564. The molecule has 13 heavy (non-hydrogen) atoms. The molecule has 1 aromatic carbocycles. The molecule has 0 fully saturated rings. The highest BCUT2D eigenvalue weighted by molar-refractivity contribution is 7.98. The van der Waals surface area contributed by atoms with Crippen LogP contribution in [0, 0.1) is 0 Å². The van der Waals surface area contributed by atoms with E-state index in [1.54, 1.807) is 30.0 Å². The molecule has 0 atom stereocenters. The van der Waals surface area contributed by atoms with Gasteiger partial charge in [0.15, 0.2) is 5.75 Å². The van der Waals surface area contributed by atoms with E-state index in [4.69, 9.17) is 27.9 Å². The molecular weight excluding hydrogens is 227 g/mol. The lowest BCUT2D eigenvalue weighted by atomic mass is 10.3. The maximum absolute atomic E-state index is 5.89. The summed E-state index contributed by atoms with van der Waals surface area (Å²) in [5, 5.41) is 1.13. The van der Waals surface area contributed by atoms with Crippen molar-refractivity contribution in [3.05, 3.63) is 28.2 Å². The first-order valence-electron chi connectivity index (χ1n) is 3.81. The van der Waals surface area contributed by atoms with Gasteiger partial charge in [0, 0.05) is 5.75 Å². The minimum Gasteiger partial charge on any atom is -0.490 e. The van der Waals surface area contributed by atoms with E-state index in [9.17, 15) is 0 Å². The second-order valence-corrected chi connectivity index (χ2v) is 4.19. The van der Waals surface area contributed by atoms with E-state index in [0.717, 1.165) is 5.75 Å². The molecule has 1 rings (SSSR count). The molecule has 0 aromatic heterocycles. The molecule has 1 nitrogen and oxygen atoms in total. The molecular formula is C9H10Cl2OS. The molecule has 0 spiro atoms. The fraction of sp³-hybridized carbons (Fsp3) is 0.333. The van der Waals surface area contributed by atoms with Crippen LogP contribution in [0.4, 0.5) is 0 Å². The Hall–Kier alpha value is -0.0500. The third-order valence-corrected chi connectivity index (χ3v) is 2.62. The molecule has 0 saturated carbocycles. The monoisotopic (exact) mass is 236 g/mol. The number of halogens is 2. The zero-order valence-electron chi connectivity index (χ0n) is 7.22. The standard InChI is InChI=1S/C9H10Cl2OS/c1-13-6-5-12-9-7(10)3-2-4-8(9)11/h2-4H,5-6H2,1H3. The molecule has 0 bridgehead atoms. The van der Waals surface area contributed by atoms with Crippen LogP contribution in [0.3, 0.4) is 0 Å². The third kappa shape index (κ3) is 3.29. The van der Waals surface area contributed by atoms with E-state index in [1.807, 2.05) is 6.26 Å². The van der Waals surface area contributed by atoms with Crippen molar-refractivity contribution in [1.29, 1.82) is 0 Å². The lowest BCUT2D eigenvalue weighted by molar-refractivity contribution is 0.344. The van der Waals surface area contributed by atoms with Crippen molar-refractivity contribution in [3.8, 4) is 5.75 Å². The molecule has 0 aliphatic heterocycles. The Balaban J connectivity index is 2.64. The van der Waals surface area contributed by atoms with E-state index in [-0.39, 0.29) is 0 Å². The van der Waals surface area contributed by atoms with Crippen molar-refractivity contribution in [2.75, 3.05) is 18.6 Å². The topological polar surface area (TPSA) is 9.23 Å². The predicted octanol–water partition coefficient (Wildman–Crippen LogP) is 3.74. The summed E-state index contributed by atoms with van der Waals surface area (Å²) in [5.74, 6) is 1.52. The second-order valence-electron chi connectivity index (χ2n) is 2.39. The zero-order chi connectivity index (χ0) is 9.68. The van der Waals surface area contributed by atoms with Gasteiger partial charge in [0.05, 0.1) is 16.7 Å². The first-order valence-corrected chi connectivity index (χ1v) is 5.96. The summed E-state index contributed by atoms with van der Waals surface area (Å²) >= 11 is 13.5. The van der Waals surface area contributed by atoms with Crippen LogP contribution < -0.4 is 4.74 Å². The summed E-state index contributed by atoms with van der Waals surface area (Å²) in [5.41, 5.74) is 0. The molecule has 0 saturated heterocycles. The Bertz CT molecular complexity index is 258. The summed E-state index contributed by atoms with van der Waals surface area (Å²) in [4.78, 5) is 0. The maximum Gasteiger partial charge on any atom is 0.156 e. The Labute approximate surface area is 92.4 Å². The van der Waals surface area contributed by atoms with Crippen molar-refractivity contribution >= 4 is 35.0 Å². The number of thioether (sulfide) groups is 1. The van der Waals surface area contributed by atoms with Crippen molar-refractivity contribution in [2.24, 2.45) is 0 Å². The molecule has 0 aliphatic rings. The van der Waals surface area contributed by atoms with Crippen LogP contribution in [0.2, 0.25) is 10.0 Å². The van der Waals surface area contributed by atoms with Gasteiger partial charge in [-0.15, -0.1) is 0 Å². The molecule has 0 radical (unpaired) electrons. The lowest BCUT2D eigenvalue weighted by Crippen LogP contribution is -2.00. The van der Waals surface area contributed by atoms with Crippen LogP contribution in [-0.2, 0) is 0 Å². The highest BCUT2D eigenvalue weighted by Crippen LogP contribution is 2.32. The van der Waals surface area contributed by atoms with Gasteiger partial charge < -0.3 is 4.74 Å². The summed E-state index contributed by atoms with van der Waals surface area (Å²) in [6.45, 7) is 0.630. The van der Waals surface area contributed by atoms with Gasteiger partial charge in [0.1, 0.15) is 0 Å². The Morgan fingerprint density at radius 2 is 1.92 bits per heavy atom. The van der Waals surface area contributed by atoms with Crippen LogP contribution in [0.5, 0.6) is 5.75 Å². The van der Waals surface area contributed by atoms with E-state index in [2.05, 4.69) is 0 Å². The van der Waals surface area contributed by atoms with E-state index < -0.39 is 0 Å². The van der Waals surface area contributed by atoms with Crippen LogP contribution >= 0.6 is 35.0 Å². The summed E-state index contributed by atoms with van der Waals surface area (Å²) in [6.07, 6.45) is 2.03. The number of benzene rings is 1. The molecule has 0 N–H and O–H groups in total. The Morgan fingerprint density at radius 3 is 2.46 bits per heavy atom. The molecule has 0 aliphatic carbocycles. The largest absolute Gasteiger partial charge is 0.490 e. The van der Waals surface area contributed by atoms with Gasteiger partial charge in [-0.3, -0.25) is 0 Å². The van der Waals surface area contributed by atoms with Crippen LogP contribution in [0.15, 0.2) is 18.2 Å². The number of para-hydroxylation sites is 1. The van der Waals surface area contributed by atoms with Gasteiger partial charge in [0.25, 0.3) is 0 Å². The highest BCUT2D eigenvalue weighted by Gasteiger charge is 2.05. The zero-order valence-corrected chi connectivity index (χ0v) is 9.55. The smallest absolute Gasteiger partial charge is 0.156 e. The molecule has 0 unspecified atom stereocenters. The number of rotatable bonds is 4. The summed E-state index contributed by atoms with van der Waals surface area (Å²) in [6, 6.07) is 5.33. The normalized spacial score (nSPS) is 10.1. The lowest BCUT2D eigenvalue weighted by Gasteiger charge is -2.08. The highest BCUT2D eigenvalue weighted by atomic mass is 35.5. The SMILES string of the molecule is CSCCOc1c(Cl)cccc1Cl. The first kappa shape index (κ1) is 11.0. The van der Waals surface area contributed by atoms with Gasteiger partial charge in [0.2, 0.25) is 0 Å². The van der Waals surface area contributed by atoms with Gasteiger partial charge in [-0.2, -0.15) is 11.8 Å². The molecule has 4 heteroatoms. The third-order valence-electron chi connectivity index (χ3n) is 1.45. The Kier molecular flexibility index (Phi) is 4.78. The van der Waals surface area contributed by atoms with Gasteiger partial charge >= 0.3 is 0 Å². The van der Waals surface area contributed by atoms with Crippen molar-refractivity contribution < 1.29 is 4.74 Å². The maximum atomic E-state index is 5.89. The molecule has 72 valence electrons. The average molecular weight is 237 g/mol. The van der Waals surface area contributed by atoms with E-state index >= 15 is 0 Å². The minimum absolute atomic E-state index is 0.564. The quantitative estimate of drug-likeness (QED) is 0.738. The average Bonchev–Trinajstić information content (AvgIpc) is 2.10. The van der Waals surface area contributed by atoms with Gasteiger partial charge in [-0.05, 0) is 18.4 Å². The van der Waals surface area contributed by atoms with Crippen LogP contribution in [0.1, 0.15) is 0 Å². The number of hydrogen-bond donors (Lipinski definition) is 0. The van der Waals surface area contributed by atoms with Gasteiger partial charge in [-0.1, -0.05) is 29.3 Å². The number of ether oxygens (including phenoxy) is 1. The molecule has 0 amide bonds. The Morgan fingerprint density at radius 1 is 1.31 bits per heavy atom. The predicted molar refractivity (Wildman–Crippen MR) is 60.3 cm³/mol.